The molecule has 1 aliphatic rings. The second-order valence-electron chi connectivity index (χ2n) is 12.6. The minimum atomic E-state index is 0.299. The van der Waals surface area contributed by atoms with Gasteiger partial charge in [-0.3, -0.25) is 4.99 Å². The first-order chi connectivity index (χ1) is 24.6. The van der Waals surface area contributed by atoms with Gasteiger partial charge in [-0.25, -0.2) is 0 Å². The normalized spacial score (nSPS) is 14.8. The summed E-state index contributed by atoms with van der Waals surface area (Å²) in [5, 5.41) is 0. The van der Waals surface area contributed by atoms with E-state index >= 15 is 0 Å². The first-order valence-corrected chi connectivity index (χ1v) is 17.2. The zero-order valence-corrected chi connectivity index (χ0v) is 28.1. The first kappa shape index (κ1) is 32.3. The number of hydrogen-bond donors (Lipinski definition) is 1. The second-order valence-corrected chi connectivity index (χ2v) is 12.6. The van der Waals surface area contributed by atoms with E-state index in [0.29, 0.717) is 18.2 Å². The number of rotatable bonds is 10. The Labute approximate surface area is 296 Å². The highest BCUT2D eigenvalue weighted by atomic mass is 14.7. The summed E-state index contributed by atoms with van der Waals surface area (Å²) < 4.78 is 0. The van der Waals surface area contributed by atoms with Crippen LogP contribution >= 0.6 is 0 Å². The van der Waals surface area contributed by atoms with Crippen molar-refractivity contribution >= 4 is 28.6 Å². The van der Waals surface area contributed by atoms with E-state index in [-0.39, 0.29) is 0 Å². The molecule has 1 aliphatic carbocycles. The Morgan fingerprint density at radius 1 is 0.660 bits per heavy atom. The van der Waals surface area contributed by atoms with Gasteiger partial charge >= 0.3 is 0 Å². The Bertz CT molecular complexity index is 2190. The molecule has 0 aliphatic heterocycles. The molecule has 0 saturated carbocycles. The molecule has 6 aromatic rings. The smallest absolute Gasteiger partial charge is 0.0671 e. The van der Waals surface area contributed by atoms with Crippen LogP contribution in [0.2, 0.25) is 0 Å². The lowest BCUT2D eigenvalue weighted by Gasteiger charge is -2.24. The zero-order chi connectivity index (χ0) is 34.1. The third kappa shape index (κ3) is 7.56. The highest BCUT2D eigenvalue weighted by molar-refractivity contribution is 6.12. The molecule has 50 heavy (non-hydrogen) atoms. The molecule has 1 atom stereocenters. The van der Waals surface area contributed by atoms with E-state index in [4.69, 9.17) is 10.7 Å². The van der Waals surface area contributed by atoms with Crippen LogP contribution in [0.25, 0.3) is 34.0 Å². The van der Waals surface area contributed by atoms with Crippen LogP contribution in [0.15, 0.2) is 194 Å². The fraction of sp³-hybridized carbons (Fsp3) is 0.0625. The van der Waals surface area contributed by atoms with Gasteiger partial charge in [0, 0.05) is 11.6 Å². The molecule has 0 amide bonds. The minimum absolute atomic E-state index is 0.299. The quantitative estimate of drug-likeness (QED) is 0.148. The average molecular weight is 645 g/mol. The van der Waals surface area contributed by atoms with Gasteiger partial charge in [0.05, 0.1) is 12.3 Å². The van der Waals surface area contributed by atoms with E-state index in [2.05, 4.69) is 134 Å². The van der Waals surface area contributed by atoms with Crippen molar-refractivity contribution in [1.29, 1.82) is 0 Å². The Balaban J connectivity index is 1.18. The van der Waals surface area contributed by atoms with Crippen LogP contribution in [0.3, 0.4) is 0 Å². The number of benzene rings is 6. The summed E-state index contributed by atoms with van der Waals surface area (Å²) in [6.45, 7) is 4.69. The van der Waals surface area contributed by atoms with Crippen molar-refractivity contribution in [1.82, 2.24) is 0 Å². The Morgan fingerprint density at radius 2 is 1.26 bits per heavy atom. The molecule has 0 fully saturated rings. The fourth-order valence-corrected chi connectivity index (χ4v) is 6.57. The van der Waals surface area contributed by atoms with Gasteiger partial charge in [-0.15, -0.1) is 0 Å². The first-order valence-electron chi connectivity index (χ1n) is 17.2. The molecule has 0 radical (unpaired) electrons. The summed E-state index contributed by atoms with van der Waals surface area (Å²) in [7, 11) is 0. The Hall–Kier alpha value is -6.25. The molecule has 6 aromatic carbocycles. The monoisotopic (exact) mass is 644 g/mol. The van der Waals surface area contributed by atoms with Gasteiger partial charge in [0.25, 0.3) is 0 Å². The van der Waals surface area contributed by atoms with Gasteiger partial charge in [-0.05, 0) is 79.8 Å². The molecule has 7 rings (SSSR count). The van der Waals surface area contributed by atoms with Crippen LogP contribution in [0.4, 0.5) is 0 Å². The average Bonchev–Trinajstić information content (AvgIpc) is 3.20. The molecule has 2 N–H and O–H groups in total. The van der Waals surface area contributed by atoms with E-state index < -0.39 is 0 Å². The molecule has 0 spiro atoms. The van der Waals surface area contributed by atoms with Crippen LogP contribution < -0.4 is 5.73 Å². The Morgan fingerprint density at radius 3 is 1.92 bits per heavy atom. The third-order valence-electron chi connectivity index (χ3n) is 9.29. The summed E-state index contributed by atoms with van der Waals surface area (Å²) in [5.41, 5.74) is 21.0. The van der Waals surface area contributed by atoms with E-state index in [1.54, 1.807) is 0 Å². The van der Waals surface area contributed by atoms with Crippen LogP contribution in [-0.4, -0.2) is 5.71 Å². The maximum absolute atomic E-state index is 6.52. The zero-order valence-electron chi connectivity index (χ0n) is 28.1. The number of nitrogens with two attached hydrogens (primary N) is 1. The van der Waals surface area contributed by atoms with Gasteiger partial charge in [-0.1, -0.05) is 183 Å². The van der Waals surface area contributed by atoms with E-state index in [1.165, 1.54) is 33.4 Å². The molecule has 0 heterocycles. The molecule has 0 bridgehead atoms. The molecule has 1 unspecified atom stereocenters. The van der Waals surface area contributed by atoms with Crippen molar-refractivity contribution in [3.63, 3.8) is 0 Å². The lowest BCUT2D eigenvalue weighted by Crippen LogP contribution is -2.04. The van der Waals surface area contributed by atoms with E-state index in [0.717, 1.165) is 39.9 Å². The topological polar surface area (TPSA) is 38.4 Å². The highest BCUT2D eigenvalue weighted by Gasteiger charge is 2.20. The second kappa shape index (κ2) is 15.3. The fourth-order valence-electron chi connectivity index (χ4n) is 6.57. The minimum Gasteiger partial charge on any atom is -0.398 e. The molecule has 0 saturated heterocycles. The number of aliphatic imine (C=N–C) groups is 1. The highest BCUT2D eigenvalue weighted by Crippen LogP contribution is 2.40. The summed E-state index contributed by atoms with van der Waals surface area (Å²) in [6, 6.07) is 57.3. The van der Waals surface area contributed by atoms with Gasteiger partial charge in [0.2, 0.25) is 0 Å². The summed E-state index contributed by atoms with van der Waals surface area (Å²) in [4.78, 5) is 5.04. The third-order valence-corrected chi connectivity index (χ3v) is 9.29. The van der Waals surface area contributed by atoms with Gasteiger partial charge in [-0.2, -0.15) is 0 Å². The number of hydrogen-bond acceptors (Lipinski definition) is 2. The van der Waals surface area contributed by atoms with Crippen molar-refractivity contribution in [2.75, 3.05) is 0 Å². The van der Waals surface area contributed by atoms with Crippen LogP contribution in [0.1, 0.15) is 51.3 Å². The van der Waals surface area contributed by atoms with Gasteiger partial charge in [0.15, 0.2) is 0 Å². The van der Waals surface area contributed by atoms with Crippen molar-refractivity contribution in [2.24, 2.45) is 10.7 Å². The van der Waals surface area contributed by atoms with Gasteiger partial charge < -0.3 is 5.73 Å². The predicted molar refractivity (Wildman–Crippen MR) is 213 cm³/mol. The van der Waals surface area contributed by atoms with Crippen molar-refractivity contribution < 1.29 is 0 Å². The van der Waals surface area contributed by atoms with Crippen molar-refractivity contribution in [2.45, 2.75) is 18.9 Å². The SMILES string of the molecule is C=Cc1ccc(C2=CC(c3ccccc3)=CC(c3ccccc3)C2)cc1-c1ccc(C/N=C(\C=C(/N)c2ccccc2)c2ccccc2)cc1. The van der Waals surface area contributed by atoms with Gasteiger partial charge in [0.1, 0.15) is 0 Å². The van der Waals surface area contributed by atoms with Crippen LogP contribution in [0, 0.1) is 0 Å². The van der Waals surface area contributed by atoms with Crippen molar-refractivity contribution in [3.8, 4) is 11.1 Å². The maximum atomic E-state index is 6.52. The number of allylic oxidation sites excluding steroid dienone is 5. The summed E-state index contributed by atoms with van der Waals surface area (Å²) in [5.74, 6) is 0.299. The largest absolute Gasteiger partial charge is 0.398 e. The summed E-state index contributed by atoms with van der Waals surface area (Å²) >= 11 is 0. The van der Waals surface area contributed by atoms with Crippen molar-refractivity contribution in [3.05, 3.63) is 228 Å². The molecule has 242 valence electrons. The van der Waals surface area contributed by atoms with Crippen LogP contribution in [0.5, 0.6) is 0 Å². The molecule has 0 aromatic heterocycles. The maximum Gasteiger partial charge on any atom is 0.0671 e. The van der Waals surface area contributed by atoms with E-state index in [1.807, 2.05) is 60.7 Å². The standard InChI is InChI=1S/C48H40N2/c1-2-36-27-28-42(45-30-43(37-15-7-3-8-16-37)29-44(31-45)38-17-9-4-10-18-38)32-46(36)39-25-23-35(24-26-39)34-50-48(41-21-13-6-14-22-41)33-47(49)40-19-11-5-12-20-40/h2-30,32-33,44H,1,31,34,49H2/b47-33-,50-48+. The lowest BCUT2D eigenvalue weighted by atomic mass is 9.80. The Kier molecular flexibility index (Phi) is 9.90. The number of nitrogens with zero attached hydrogens (tertiary/aromatic N) is 1. The molecule has 2 nitrogen and oxygen atoms in total. The summed E-state index contributed by atoms with van der Waals surface area (Å²) in [6.07, 6.45) is 9.65. The van der Waals surface area contributed by atoms with E-state index in [9.17, 15) is 0 Å². The molecular formula is C48H40N2. The molecule has 2 heteroatoms. The van der Waals surface area contributed by atoms with Crippen LogP contribution in [-0.2, 0) is 6.54 Å². The molecular weight excluding hydrogens is 605 g/mol. The predicted octanol–water partition coefficient (Wildman–Crippen LogP) is 11.6. The lowest BCUT2D eigenvalue weighted by molar-refractivity contribution is 0.871.